The Labute approximate surface area is 319 Å². The molecule has 4 N–H and O–H groups in total. The standard InChI is InChI=1S/C41H44N8O6/c1-26(2)34(46-40(52)54-3)38(50)48-22-11-17-33(48)37-43-25-31(45-37)28-20-18-27(19-21-28)12-8-9-15-30-24-42-36(44-30)32-16-10-23-49(32)39(51)35(47-41(53)55-4)29-13-6-5-7-14-29/h5-7,13-14,18-21,24-26,32-35H,10-11,16-17,22-23H2,1-4H3,(H,42,44)(H,43,45)(H,46,52)(H,47,53)/t32-,33+,34+,35-/m1/s1. The number of nitrogens with one attached hydrogen (secondary N) is 4. The summed E-state index contributed by atoms with van der Waals surface area (Å²) < 4.78 is 9.52. The van der Waals surface area contributed by atoms with Crippen LogP contribution in [-0.4, -0.2) is 87.1 Å². The second-order valence-corrected chi connectivity index (χ2v) is 13.7. The SMILES string of the molecule is COC(=O)N[C@H](C(=O)N1CCC[C@H]1c1ncc(-c2ccc(C#CC#Cc3cnc([C@H]4CCCN4C(=O)[C@H](NC(=O)OC)c4ccccc4)[nH]3)cc2)[nH]1)C(C)C. The van der Waals surface area contributed by atoms with Crippen LogP contribution in [0.15, 0.2) is 67.0 Å². The van der Waals surface area contributed by atoms with Crippen molar-refractivity contribution in [3.8, 4) is 34.9 Å². The summed E-state index contributed by atoms with van der Waals surface area (Å²) in [4.78, 5) is 70.5. The predicted molar refractivity (Wildman–Crippen MR) is 203 cm³/mol. The van der Waals surface area contributed by atoms with E-state index >= 15 is 0 Å². The normalized spacial score (nSPS) is 17.3. The number of hydrogen-bond acceptors (Lipinski definition) is 8. The summed E-state index contributed by atoms with van der Waals surface area (Å²) in [5.74, 6) is 12.6. The number of imidazole rings is 2. The molecule has 0 spiro atoms. The van der Waals surface area contributed by atoms with Crippen molar-refractivity contribution in [2.24, 2.45) is 5.92 Å². The lowest BCUT2D eigenvalue weighted by atomic mass is 10.0. The lowest BCUT2D eigenvalue weighted by molar-refractivity contribution is -0.135. The largest absolute Gasteiger partial charge is 0.453 e. The average molecular weight is 745 g/mol. The Hall–Kier alpha value is -6.54. The topological polar surface area (TPSA) is 175 Å². The summed E-state index contributed by atoms with van der Waals surface area (Å²) in [6.45, 7) is 4.88. The van der Waals surface area contributed by atoms with E-state index in [1.54, 1.807) is 34.3 Å². The van der Waals surface area contributed by atoms with Gasteiger partial charge in [0.15, 0.2) is 0 Å². The maximum Gasteiger partial charge on any atom is 0.407 e. The molecule has 284 valence electrons. The molecule has 14 nitrogen and oxygen atoms in total. The first-order chi connectivity index (χ1) is 26.7. The van der Waals surface area contributed by atoms with Crippen LogP contribution in [0.4, 0.5) is 9.59 Å². The van der Waals surface area contributed by atoms with Gasteiger partial charge in [0, 0.05) is 18.7 Å². The zero-order valence-electron chi connectivity index (χ0n) is 31.2. The van der Waals surface area contributed by atoms with E-state index in [9.17, 15) is 19.2 Å². The highest BCUT2D eigenvalue weighted by molar-refractivity contribution is 5.88. The van der Waals surface area contributed by atoms with Crippen LogP contribution in [0.1, 0.15) is 86.1 Å². The van der Waals surface area contributed by atoms with Crippen LogP contribution in [-0.2, 0) is 19.1 Å². The molecular formula is C41H44N8O6. The zero-order chi connectivity index (χ0) is 38.9. The smallest absolute Gasteiger partial charge is 0.407 e. The number of amides is 4. The number of nitrogens with zero attached hydrogens (tertiary/aromatic N) is 4. The number of ether oxygens (including phenoxy) is 2. The number of aromatic amines is 2. The van der Waals surface area contributed by atoms with Gasteiger partial charge < -0.3 is 39.9 Å². The van der Waals surface area contributed by atoms with Gasteiger partial charge in [-0.25, -0.2) is 19.6 Å². The quantitative estimate of drug-likeness (QED) is 0.173. The molecule has 0 bridgehead atoms. The molecule has 0 saturated carbocycles. The Kier molecular flexibility index (Phi) is 12.2. The highest BCUT2D eigenvalue weighted by Crippen LogP contribution is 2.34. The second-order valence-electron chi connectivity index (χ2n) is 13.7. The zero-order valence-corrected chi connectivity index (χ0v) is 31.2. The lowest BCUT2D eigenvalue weighted by Gasteiger charge is -2.30. The van der Waals surface area contributed by atoms with Crippen molar-refractivity contribution in [3.63, 3.8) is 0 Å². The van der Waals surface area contributed by atoms with Crippen LogP contribution < -0.4 is 10.6 Å². The minimum atomic E-state index is -0.897. The molecule has 4 amide bonds. The van der Waals surface area contributed by atoms with E-state index in [2.05, 4.69) is 54.3 Å². The molecule has 2 fully saturated rings. The van der Waals surface area contributed by atoms with E-state index in [0.717, 1.165) is 42.5 Å². The number of hydrogen-bond donors (Lipinski definition) is 4. The first-order valence-electron chi connectivity index (χ1n) is 18.2. The van der Waals surface area contributed by atoms with Crippen LogP contribution in [0.2, 0.25) is 0 Å². The van der Waals surface area contributed by atoms with E-state index in [1.807, 2.05) is 56.3 Å². The third kappa shape index (κ3) is 8.99. The Morgan fingerprint density at radius 3 is 2.02 bits per heavy atom. The number of H-pyrrole nitrogens is 2. The van der Waals surface area contributed by atoms with Gasteiger partial charge in [0.05, 0.1) is 44.4 Å². The van der Waals surface area contributed by atoms with Gasteiger partial charge in [0.1, 0.15) is 29.4 Å². The van der Waals surface area contributed by atoms with Crippen LogP contribution in [0.3, 0.4) is 0 Å². The Balaban J connectivity index is 1.08. The van der Waals surface area contributed by atoms with Gasteiger partial charge in [-0.2, -0.15) is 0 Å². The maximum atomic E-state index is 13.7. The first-order valence-corrected chi connectivity index (χ1v) is 18.2. The third-order valence-electron chi connectivity index (χ3n) is 9.78. The summed E-state index contributed by atoms with van der Waals surface area (Å²) in [5.41, 5.74) is 3.74. The number of carbonyl (C=O) groups excluding carboxylic acids is 4. The number of carbonyl (C=O) groups is 4. The van der Waals surface area contributed by atoms with Crippen molar-refractivity contribution in [2.75, 3.05) is 27.3 Å². The predicted octanol–water partition coefficient (Wildman–Crippen LogP) is 5.01. The summed E-state index contributed by atoms with van der Waals surface area (Å²) in [6.07, 6.45) is 5.17. The van der Waals surface area contributed by atoms with Gasteiger partial charge in [-0.05, 0) is 72.6 Å². The summed E-state index contributed by atoms with van der Waals surface area (Å²) >= 11 is 0. The monoisotopic (exact) mass is 744 g/mol. The molecule has 0 aliphatic carbocycles. The third-order valence-corrected chi connectivity index (χ3v) is 9.78. The molecule has 4 atom stereocenters. The molecule has 2 aromatic carbocycles. The minimum Gasteiger partial charge on any atom is -0.453 e. The van der Waals surface area contributed by atoms with E-state index < -0.39 is 24.3 Å². The minimum absolute atomic E-state index is 0.114. The van der Waals surface area contributed by atoms with Crippen molar-refractivity contribution >= 4 is 24.0 Å². The fourth-order valence-corrected chi connectivity index (χ4v) is 6.94. The van der Waals surface area contributed by atoms with E-state index in [4.69, 9.17) is 9.47 Å². The molecule has 14 heteroatoms. The Morgan fingerprint density at radius 1 is 0.764 bits per heavy atom. The fourth-order valence-electron chi connectivity index (χ4n) is 6.94. The number of benzene rings is 2. The first kappa shape index (κ1) is 38.2. The number of methoxy groups -OCH3 is 2. The average Bonchev–Trinajstić information content (AvgIpc) is 4.04. The van der Waals surface area contributed by atoms with Gasteiger partial charge in [0.2, 0.25) is 5.91 Å². The molecule has 2 aromatic heterocycles. The molecule has 0 unspecified atom stereocenters. The molecule has 2 aliphatic heterocycles. The van der Waals surface area contributed by atoms with Crippen LogP contribution >= 0.6 is 0 Å². The molecule has 0 radical (unpaired) electrons. The molecule has 55 heavy (non-hydrogen) atoms. The summed E-state index contributed by atoms with van der Waals surface area (Å²) in [5, 5.41) is 5.35. The van der Waals surface area contributed by atoms with E-state index in [0.29, 0.717) is 36.0 Å². The van der Waals surface area contributed by atoms with Crippen LogP contribution in [0.25, 0.3) is 11.3 Å². The molecule has 4 heterocycles. The van der Waals surface area contributed by atoms with Gasteiger partial charge in [0.25, 0.3) is 5.91 Å². The van der Waals surface area contributed by atoms with Gasteiger partial charge in [-0.1, -0.05) is 62.2 Å². The van der Waals surface area contributed by atoms with Crippen LogP contribution in [0.5, 0.6) is 0 Å². The van der Waals surface area contributed by atoms with E-state index in [-0.39, 0.29) is 29.8 Å². The van der Waals surface area contributed by atoms with Gasteiger partial charge >= 0.3 is 12.2 Å². The Morgan fingerprint density at radius 2 is 1.36 bits per heavy atom. The van der Waals surface area contributed by atoms with Crippen molar-refractivity contribution in [1.29, 1.82) is 0 Å². The fraction of sp³-hybridized carbons (Fsp3) is 0.366. The van der Waals surface area contributed by atoms with E-state index in [1.165, 1.54) is 14.2 Å². The van der Waals surface area contributed by atoms with Gasteiger partial charge in [-0.15, -0.1) is 0 Å². The number of aromatic nitrogens is 4. The molecular weight excluding hydrogens is 701 g/mol. The van der Waals surface area contributed by atoms with Crippen molar-refractivity contribution < 1.29 is 28.7 Å². The molecule has 4 aromatic rings. The number of likely N-dealkylation sites (tertiary alicyclic amines) is 2. The van der Waals surface area contributed by atoms with Crippen molar-refractivity contribution in [1.82, 2.24) is 40.4 Å². The highest BCUT2D eigenvalue weighted by atomic mass is 16.5. The number of rotatable bonds is 9. The van der Waals surface area contributed by atoms with Crippen LogP contribution in [0, 0.1) is 29.6 Å². The molecule has 2 aliphatic rings. The van der Waals surface area contributed by atoms with Gasteiger partial charge in [-0.3, -0.25) is 9.59 Å². The summed E-state index contributed by atoms with van der Waals surface area (Å²) in [7, 11) is 2.54. The Bertz CT molecular complexity index is 2120. The summed E-state index contributed by atoms with van der Waals surface area (Å²) in [6, 6.07) is 14.7. The highest BCUT2D eigenvalue weighted by Gasteiger charge is 2.38. The lowest BCUT2D eigenvalue weighted by Crippen LogP contribution is -2.51. The molecule has 6 rings (SSSR count). The maximum absolute atomic E-state index is 13.7. The van der Waals surface area contributed by atoms with Crippen molar-refractivity contribution in [3.05, 3.63) is 95.5 Å². The number of alkyl carbamates (subject to hydrolysis) is 2. The molecule has 2 saturated heterocycles. The second kappa shape index (κ2) is 17.5. The van der Waals surface area contributed by atoms with Crippen molar-refractivity contribution in [2.45, 2.75) is 63.7 Å².